The van der Waals surface area contributed by atoms with E-state index in [9.17, 15) is 35.3 Å². The van der Waals surface area contributed by atoms with Crippen LogP contribution in [0.2, 0.25) is 0 Å². The van der Waals surface area contributed by atoms with Gasteiger partial charge in [-0.25, -0.2) is 0 Å². The molecule has 9 aromatic carbocycles. The average Bonchev–Trinajstić information content (AvgIpc) is 1.64. The lowest BCUT2D eigenvalue weighted by atomic mass is 9.85. The zero-order valence-corrected chi connectivity index (χ0v) is 79.8. The van der Waals surface area contributed by atoms with Gasteiger partial charge >= 0.3 is 12.4 Å². The van der Waals surface area contributed by atoms with Crippen molar-refractivity contribution in [1.82, 2.24) is 24.6 Å². The predicted octanol–water partition coefficient (Wildman–Crippen LogP) is 25.5. The Labute approximate surface area is 752 Å². The Balaban J connectivity index is 0.000000187. The van der Waals surface area contributed by atoms with Gasteiger partial charge in [-0.1, -0.05) is 259 Å². The quantitative estimate of drug-likeness (QED) is 0.0616. The lowest BCUT2D eigenvalue weighted by Gasteiger charge is -2.42. The molecule has 3 aliphatic rings. The highest BCUT2D eigenvalue weighted by Crippen LogP contribution is 2.35. The minimum atomic E-state index is -4.36. The zero-order valence-electron chi connectivity index (χ0n) is 79.0. The molecule has 1 unspecified atom stereocenters. The molecule has 13 rings (SSSR count). The third-order valence-electron chi connectivity index (χ3n) is 22.7. The molecule has 2 aliphatic heterocycles. The number of benzene rings is 9. The number of nitrogens with zero attached hydrogens (tertiary/aromatic N) is 5. The second-order valence-electron chi connectivity index (χ2n) is 40.0. The van der Waals surface area contributed by atoms with Gasteiger partial charge in [-0.3, -0.25) is 23.8 Å². The topological polar surface area (TPSA) is 87.7 Å². The second-order valence-corrected chi connectivity index (χ2v) is 42.5. The van der Waals surface area contributed by atoms with Gasteiger partial charge < -0.3 is 24.0 Å². The van der Waals surface area contributed by atoms with Gasteiger partial charge in [-0.2, -0.15) is 26.3 Å². The number of carbonyl (C=O) groups excluding carboxylic acids is 1. The number of hydrogen-bond acceptors (Lipinski definition) is 9. The van der Waals surface area contributed by atoms with Crippen LogP contribution < -0.4 is 14.2 Å². The highest BCUT2D eigenvalue weighted by molar-refractivity contribution is 7.99. The van der Waals surface area contributed by atoms with Crippen LogP contribution in [0.5, 0.6) is 17.2 Å². The lowest BCUT2D eigenvalue weighted by molar-refractivity contribution is -0.138. The van der Waals surface area contributed by atoms with Crippen LogP contribution in [0.15, 0.2) is 242 Å². The first kappa shape index (κ1) is 102. The Morgan fingerprint density at radius 3 is 1.34 bits per heavy atom. The van der Waals surface area contributed by atoms with Gasteiger partial charge in [0.15, 0.2) is 0 Å². The van der Waals surface area contributed by atoms with Gasteiger partial charge in [0.1, 0.15) is 36.1 Å². The molecule has 10 aromatic rings. The SMILES string of the molecule is C=S(C)(=O)c1ccc(OCc2ccc(C(C)(C)C)cc2)cc1.CC(=O)N1CCN(Cc2ccc(C(C)(C)C)cc2)CC1.CC(C)(C)Oc1ccnc(CC2Cc3ccccc3C2)c1.CC(C)(C)c1cccc(CCc2cccc(C(F)(F)F)c2)c1.CC(C)(C)c1cccc(COc2cccc(C(F)(F)F)c2)c1.Cc1cccc(CCN2CCN(C(C)(C)C)CC2)c1. The van der Waals surface area contributed by atoms with E-state index >= 15 is 0 Å². The Hall–Kier alpha value is -9.52. The fourth-order valence-corrected chi connectivity index (χ4v) is 15.7. The number of pyridine rings is 1. The van der Waals surface area contributed by atoms with E-state index in [1.54, 1.807) is 19.2 Å². The van der Waals surface area contributed by atoms with Crippen LogP contribution in [0.4, 0.5) is 26.3 Å². The Morgan fingerprint density at radius 1 is 0.429 bits per heavy atom. The Morgan fingerprint density at radius 2 is 0.865 bits per heavy atom. The molecule has 0 saturated carbocycles. The van der Waals surface area contributed by atoms with Crippen LogP contribution in [0.3, 0.4) is 0 Å². The van der Waals surface area contributed by atoms with Gasteiger partial charge in [0.25, 0.3) is 0 Å². The van der Waals surface area contributed by atoms with Crippen LogP contribution in [0, 0.1) is 12.8 Å². The maximum Gasteiger partial charge on any atom is 0.416 e. The van der Waals surface area contributed by atoms with Crippen molar-refractivity contribution in [3.8, 4) is 17.2 Å². The van der Waals surface area contributed by atoms with Crippen molar-refractivity contribution < 1.29 is 49.6 Å². The monoisotopic (exact) mass is 1750 g/mol. The van der Waals surface area contributed by atoms with Crippen molar-refractivity contribution in [3.63, 3.8) is 0 Å². The zero-order chi connectivity index (χ0) is 92.6. The summed E-state index contributed by atoms with van der Waals surface area (Å²) in [5.41, 5.74) is 16.7. The van der Waals surface area contributed by atoms with Crippen molar-refractivity contribution in [2.75, 3.05) is 65.2 Å². The van der Waals surface area contributed by atoms with Gasteiger partial charge in [0, 0.05) is 107 Å². The van der Waals surface area contributed by atoms with Crippen LogP contribution in [-0.2, 0) is 107 Å². The fraction of sp³-hybridized carbons (Fsp3) is 0.440. The molecular weight excluding hydrogens is 1610 g/mol. The molecule has 1 aliphatic carbocycles. The van der Waals surface area contributed by atoms with E-state index in [-0.39, 0.29) is 45.5 Å². The van der Waals surface area contributed by atoms with Crippen LogP contribution >= 0.6 is 0 Å². The number of halogens is 6. The number of rotatable bonds is 18. The molecular formula is C109H141F6N5O5S. The van der Waals surface area contributed by atoms with E-state index in [0.29, 0.717) is 24.5 Å². The molecule has 17 heteroatoms. The smallest absolute Gasteiger partial charge is 0.416 e. The van der Waals surface area contributed by atoms with Crippen molar-refractivity contribution >= 4 is 21.3 Å². The summed E-state index contributed by atoms with van der Waals surface area (Å²) in [6.07, 6.45) is 0.756. The molecule has 680 valence electrons. The van der Waals surface area contributed by atoms with Crippen LogP contribution in [0.25, 0.3) is 0 Å². The first-order chi connectivity index (χ1) is 58.8. The molecule has 0 radical (unpaired) electrons. The van der Waals surface area contributed by atoms with Crippen LogP contribution in [-0.4, -0.2) is 117 Å². The van der Waals surface area contributed by atoms with E-state index in [0.717, 1.165) is 114 Å². The van der Waals surface area contributed by atoms with E-state index in [1.165, 1.54) is 121 Å². The standard InChI is InChI=1S/C19H21F3.C19H23NO.C19H24O2S.C18H19F3O.C17H26N2O.C17H28N2/c1-18(2,3)16-8-4-6-14(12-16)10-11-15-7-5-9-17(13-15)19(20,21)22;1-19(2,3)21-18-8-9-20-17(13-18)12-14-10-15-6-4-5-7-16(15)11-14;1-19(2,3)16-8-6-15(7-9-16)14-21-17-10-12-18(13-11-17)22(4,5)20;1-17(2,3)14-7-4-6-13(10-14)12-22-16-9-5-8-15(11-16)18(19,20)21;1-14(20)19-11-9-18(10-12-19)13-15-5-7-16(8-6-15)17(2,3)4;1-15-6-5-7-16(14-15)8-9-18-10-12-19(13-11-18)17(2,3)4/h4-9,12-13H,10-11H2,1-3H3;4-9,13-14H,10-12H2,1-3H3;6-13H,4,14H2,1-3,5H3;4-11H,12H2,1-3H3;5-8H,9-13H2,1-4H3;5-7,14H,8-13H2,1-4H3. The molecule has 0 N–H and O–H groups in total. The van der Waals surface area contributed by atoms with Gasteiger partial charge in [0.2, 0.25) is 5.91 Å². The number of piperazine rings is 2. The van der Waals surface area contributed by atoms with Gasteiger partial charge in [-0.05, 0) is 251 Å². The number of carbonyl (C=O) groups is 1. The second kappa shape index (κ2) is 45.0. The van der Waals surface area contributed by atoms with E-state index in [2.05, 4.69) is 272 Å². The molecule has 2 saturated heterocycles. The summed E-state index contributed by atoms with van der Waals surface area (Å²) < 4.78 is 105. The normalized spacial score (nSPS) is 14.9. The molecule has 1 amide bonds. The van der Waals surface area contributed by atoms with Gasteiger partial charge in [-0.15, -0.1) is 0 Å². The molecule has 0 spiro atoms. The number of fused-ring (bicyclic) bond motifs is 1. The Bertz CT molecular complexity index is 4890. The third-order valence-corrected chi connectivity index (χ3v) is 23.9. The average molecular weight is 1750 g/mol. The molecule has 1 aromatic heterocycles. The first-order valence-corrected chi connectivity index (χ1v) is 46.5. The van der Waals surface area contributed by atoms with E-state index in [1.807, 2.05) is 77.8 Å². The molecule has 10 nitrogen and oxygen atoms in total. The Kier molecular flexibility index (Phi) is 36.3. The largest absolute Gasteiger partial charge is 0.489 e. The summed E-state index contributed by atoms with van der Waals surface area (Å²) in [5.74, 6) is 6.45. The molecule has 0 bridgehead atoms. The molecule has 3 heterocycles. The van der Waals surface area contributed by atoms with Gasteiger partial charge in [0.05, 0.1) is 11.1 Å². The van der Waals surface area contributed by atoms with E-state index in [4.69, 9.17) is 14.2 Å². The van der Waals surface area contributed by atoms with Crippen molar-refractivity contribution in [3.05, 3.63) is 326 Å². The predicted molar refractivity (Wildman–Crippen MR) is 511 cm³/mol. The number of alkyl halides is 6. The first-order valence-electron chi connectivity index (χ1n) is 44.4. The number of ether oxygens (including phenoxy) is 3. The highest BCUT2D eigenvalue weighted by Gasteiger charge is 2.33. The third kappa shape index (κ3) is 35.3. The fourth-order valence-electron chi connectivity index (χ4n) is 15.0. The maximum absolute atomic E-state index is 12.7. The molecule has 126 heavy (non-hydrogen) atoms. The van der Waals surface area contributed by atoms with E-state index < -0.39 is 33.0 Å². The van der Waals surface area contributed by atoms with Crippen molar-refractivity contribution in [2.24, 2.45) is 5.92 Å². The number of aryl methyl sites for hydroxylation is 3. The van der Waals surface area contributed by atoms with Crippen molar-refractivity contribution in [2.45, 2.75) is 247 Å². The summed E-state index contributed by atoms with van der Waals surface area (Å²) in [6.45, 7) is 54.5. The van der Waals surface area contributed by atoms with Crippen LogP contribution in [0.1, 0.15) is 221 Å². The summed E-state index contributed by atoms with van der Waals surface area (Å²) in [7, 11) is -2.16. The summed E-state index contributed by atoms with van der Waals surface area (Å²) in [4.78, 5) is 26.1. The lowest BCUT2D eigenvalue weighted by Crippen LogP contribution is -2.53. The summed E-state index contributed by atoms with van der Waals surface area (Å²) >= 11 is 0. The number of amides is 1. The molecule has 1 atom stereocenters. The highest BCUT2D eigenvalue weighted by atomic mass is 32.2. The minimum absolute atomic E-state index is 0.0201. The number of hydrogen-bond donors (Lipinski definition) is 0. The summed E-state index contributed by atoms with van der Waals surface area (Å²) in [5, 5.41) is 0. The van der Waals surface area contributed by atoms with Crippen molar-refractivity contribution in [1.29, 1.82) is 0 Å². The number of aromatic nitrogens is 1. The summed E-state index contributed by atoms with van der Waals surface area (Å²) in [6, 6.07) is 73.2. The minimum Gasteiger partial charge on any atom is -0.489 e. The molecule has 2 fully saturated rings. The maximum atomic E-state index is 12.7.